The molecule has 5 heteroatoms. The Morgan fingerprint density at radius 1 is 1.08 bits per heavy atom. The number of amides is 1. The summed E-state index contributed by atoms with van der Waals surface area (Å²) in [7, 11) is 3.18. The number of rotatable bonds is 8. The number of anilines is 1. The number of hydrogen-bond acceptors (Lipinski definition) is 4. The van der Waals surface area contributed by atoms with E-state index in [2.05, 4.69) is 17.4 Å². The second-order valence-electron chi connectivity index (χ2n) is 5.34. The third-order valence-electron chi connectivity index (χ3n) is 3.56. The molecule has 0 aliphatic carbocycles. The van der Waals surface area contributed by atoms with Gasteiger partial charge in [0.15, 0.2) is 11.5 Å². The van der Waals surface area contributed by atoms with Crippen LogP contribution in [0.5, 0.6) is 11.5 Å². The maximum absolute atomic E-state index is 12.1. The molecule has 0 spiro atoms. The van der Waals surface area contributed by atoms with E-state index in [4.69, 9.17) is 9.47 Å². The minimum absolute atomic E-state index is 0.0129. The highest BCUT2D eigenvalue weighted by atomic mass is 32.2. The summed E-state index contributed by atoms with van der Waals surface area (Å²) in [5.74, 6) is 2.20. The lowest BCUT2D eigenvalue weighted by Gasteiger charge is -2.13. The van der Waals surface area contributed by atoms with E-state index in [1.807, 2.05) is 31.2 Å². The number of nitrogens with one attached hydrogen (secondary N) is 1. The fourth-order valence-corrected chi connectivity index (χ4v) is 3.14. The van der Waals surface area contributed by atoms with Crippen molar-refractivity contribution in [1.82, 2.24) is 0 Å². The van der Waals surface area contributed by atoms with Gasteiger partial charge in [-0.2, -0.15) is 0 Å². The fraction of sp³-hybridized carbons (Fsp3) is 0.316. The van der Waals surface area contributed by atoms with Gasteiger partial charge in [0.1, 0.15) is 0 Å². The SMILES string of the molecule is COc1cc(C)c(NC(=O)CCCSc2ccccc2)cc1OC. The predicted octanol–water partition coefficient (Wildman–Crippen LogP) is 4.52. The molecule has 1 N–H and O–H groups in total. The van der Waals surface area contributed by atoms with Crippen molar-refractivity contribution in [3.05, 3.63) is 48.0 Å². The molecule has 4 nitrogen and oxygen atoms in total. The first-order valence-electron chi connectivity index (χ1n) is 7.84. The molecule has 128 valence electrons. The number of carbonyl (C=O) groups excluding carboxylic acids is 1. The minimum Gasteiger partial charge on any atom is -0.493 e. The van der Waals surface area contributed by atoms with Crippen LogP contribution in [0.2, 0.25) is 0 Å². The van der Waals surface area contributed by atoms with Crippen molar-refractivity contribution in [3.63, 3.8) is 0 Å². The van der Waals surface area contributed by atoms with Crippen LogP contribution >= 0.6 is 11.8 Å². The van der Waals surface area contributed by atoms with Gasteiger partial charge < -0.3 is 14.8 Å². The average Bonchev–Trinajstić information content (AvgIpc) is 2.61. The number of carbonyl (C=O) groups is 1. The number of hydrogen-bond donors (Lipinski definition) is 1. The maximum atomic E-state index is 12.1. The van der Waals surface area contributed by atoms with Gasteiger partial charge in [-0.1, -0.05) is 18.2 Å². The zero-order valence-corrected chi connectivity index (χ0v) is 15.1. The maximum Gasteiger partial charge on any atom is 0.224 e. The molecule has 0 unspecified atom stereocenters. The molecule has 24 heavy (non-hydrogen) atoms. The Morgan fingerprint density at radius 2 is 1.75 bits per heavy atom. The van der Waals surface area contributed by atoms with E-state index in [1.165, 1.54) is 4.90 Å². The van der Waals surface area contributed by atoms with Crippen LogP contribution in [-0.2, 0) is 4.79 Å². The normalized spacial score (nSPS) is 10.3. The van der Waals surface area contributed by atoms with Gasteiger partial charge in [-0.3, -0.25) is 4.79 Å². The number of methoxy groups -OCH3 is 2. The van der Waals surface area contributed by atoms with E-state index in [0.717, 1.165) is 23.4 Å². The van der Waals surface area contributed by atoms with Crippen molar-refractivity contribution < 1.29 is 14.3 Å². The molecule has 0 bridgehead atoms. The van der Waals surface area contributed by atoms with Crippen LogP contribution in [0.25, 0.3) is 0 Å². The Bertz CT molecular complexity index is 674. The molecule has 2 rings (SSSR count). The minimum atomic E-state index is 0.0129. The van der Waals surface area contributed by atoms with Gasteiger partial charge in [0.2, 0.25) is 5.91 Å². The summed E-state index contributed by atoms with van der Waals surface area (Å²) >= 11 is 1.77. The smallest absolute Gasteiger partial charge is 0.224 e. The molecule has 0 aromatic heterocycles. The predicted molar refractivity (Wildman–Crippen MR) is 99.3 cm³/mol. The van der Waals surface area contributed by atoms with E-state index in [1.54, 1.807) is 32.0 Å². The average molecular weight is 345 g/mol. The number of aryl methyl sites for hydroxylation is 1. The molecular formula is C19H23NO3S. The Labute approximate surface area is 147 Å². The second kappa shape index (κ2) is 9.23. The monoisotopic (exact) mass is 345 g/mol. The highest BCUT2D eigenvalue weighted by Gasteiger charge is 2.11. The topological polar surface area (TPSA) is 47.6 Å². The molecule has 0 radical (unpaired) electrons. The Balaban J connectivity index is 1.84. The molecule has 0 saturated carbocycles. The summed E-state index contributed by atoms with van der Waals surface area (Å²) in [6.07, 6.45) is 1.32. The summed E-state index contributed by atoms with van der Waals surface area (Å²) in [5.41, 5.74) is 1.70. The lowest BCUT2D eigenvalue weighted by atomic mass is 10.1. The van der Waals surface area contributed by atoms with Gasteiger partial charge in [-0.25, -0.2) is 0 Å². The van der Waals surface area contributed by atoms with Crippen LogP contribution in [0.15, 0.2) is 47.4 Å². The first-order valence-corrected chi connectivity index (χ1v) is 8.83. The first-order chi connectivity index (χ1) is 11.6. The van der Waals surface area contributed by atoms with Crippen LogP contribution in [0.3, 0.4) is 0 Å². The van der Waals surface area contributed by atoms with Crippen LogP contribution in [0.4, 0.5) is 5.69 Å². The molecular weight excluding hydrogens is 322 g/mol. The summed E-state index contributed by atoms with van der Waals surface area (Å²) in [5, 5.41) is 2.95. The van der Waals surface area contributed by atoms with Gasteiger partial charge in [-0.05, 0) is 42.9 Å². The molecule has 0 fully saturated rings. The first kappa shape index (κ1) is 18.2. The van der Waals surface area contributed by atoms with Crippen molar-refractivity contribution in [3.8, 4) is 11.5 Å². The molecule has 2 aromatic carbocycles. The highest BCUT2D eigenvalue weighted by molar-refractivity contribution is 7.99. The number of ether oxygens (including phenoxy) is 2. The zero-order chi connectivity index (χ0) is 17.4. The van der Waals surface area contributed by atoms with E-state index >= 15 is 0 Å². The Morgan fingerprint density at radius 3 is 2.42 bits per heavy atom. The van der Waals surface area contributed by atoms with E-state index in [-0.39, 0.29) is 5.91 Å². The second-order valence-corrected chi connectivity index (χ2v) is 6.50. The van der Waals surface area contributed by atoms with Gasteiger partial charge >= 0.3 is 0 Å². The van der Waals surface area contributed by atoms with Crippen molar-refractivity contribution in [2.45, 2.75) is 24.7 Å². The third-order valence-corrected chi connectivity index (χ3v) is 4.66. The molecule has 0 heterocycles. The van der Waals surface area contributed by atoms with Crippen molar-refractivity contribution in [1.29, 1.82) is 0 Å². The molecule has 0 atom stereocenters. The van der Waals surface area contributed by atoms with Crippen molar-refractivity contribution >= 4 is 23.4 Å². The molecule has 0 saturated heterocycles. The fourth-order valence-electron chi connectivity index (χ4n) is 2.27. The lowest BCUT2D eigenvalue weighted by Crippen LogP contribution is -2.12. The molecule has 0 aliphatic rings. The van der Waals surface area contributed by atoms with Gasteiger partial charge in [0.05, 0.1) is 14.2 Å². The van der Waals surface area contributed by atoms with E-state index < -0.39 is 0 Å². The Hall–Kier alpha value is -2.14. The van der Waals surface area contributed by atoms with Gasteiger partial charge in [0.25, 0.3) is 0 Å². The molecule has 1 amide bonds. The number of benzene rings is 2. The van der Waals surface area contributed by atoms with Crippen molar-refractivity contribution in [2.75, 3.05) is 25.3 Å². The molecule has 0 aliphatic heterocycles. The van der Waals surface area contributed by atoms with Crippen LogP contribution in [0.1, 0.15) is 18.4 Å². The van der Waals surface area contributed by atoms with E-state index in [9.17, 15) is 4.79 Å². The van der Waals surface area contributed by atoms with Crippen LogP contribution in [-0.4, -0.2) is 25.9 Å². The standard InChI is InChI=1S/C19H23NO3S/c1-14-12-17(22-2)18(23-3)13-16(14)20-19(21)10-7-11-24-15-8-5-4-6-9-15/h4-6,8-9,12-13H,7,10-11H2,1-3H3,(H,20,21). The summed E-state index contributed by atoms with van der Waals surface area (Å²) < 4.78 is 10.5. The van der Waals surface area contributed by atoms with Crippen molar-refractivity contribution in [2.24, 2.45) is 0 Å². The van der Waals surface area contributed by atoms with E-state index in [0.29, 0.717) is 17.9 Å². The van der Waals surface area contributed by atoms with Crippen LogP contribution in [0, 0.1) is 6.92 Å². The highest BCUT2D eigenvalue weighted by Crippen LogP contribution is 2.33. The largest absolute Gasteiger partial charge is 0.493 e. The lowest BCUT2D eigenvalue weighted by molar-refractivity contribution is -0.116. The van der Waals surface area contributed by atoms with Gasteiger partial charge in [-0.15, -0.1) is 11.8 Å². The van der Waals surface area contributed by atoms with Gasteiger partial charge in [0, 0.05) is 23.1 Å². The summed E-state index contributed by atoms with van der Waals surface area (Å²) in [4.78, 5) is 13.4. The Kier molecular flexibility index (Phi) is 7.00. The summed E-state index contributed by atoms with van der Waals surface area (Å²) in [6.45, 7) is 1.93. The quantitative estimate of drug-likeness (QED) is 0.564. The molecule has 2 aromatic rings. The van der Waals surface area contributed by atoms with Crippen LogP contribution < -0.4 is 14.8 Å². The third kappa shape index (κ3) is 5.20. The number of thioether (sulfide) groups is 1. The zero-order valence-electron chi connectivity index (χ0n) is 14.3. The summed E-state index contributed by atoms with van der Waals surface area (Å²) in [6, 6.07) is 13.9.